The second kappa shape index (κ2) is 46.1. The Kier molecular flexibility index (Phi) is 34.7. The number of aryl methyl sites for hydroxylation is 2. The molecule has 0 bridgehead atoms. The fourth-order valence-electron chi connectivity index (χ4n) is 17.7. The molecule has 28 nitrogen and oxygen atoms in total. The van der Waals surface area contributed by atoms with Crippen molar-refractivity contribution in [2.75, 3.05) is 59.1 Å². The van der Waals surface area contributed by atoms with Gasteiger partial charge in [-0.25, -0.2) is 9.97 Å². The van der Waals surface area contributed by atoms with Crippen molar-refractivity contribution in [1.29, 1.82) is 10.5 Å². The van der Waals surface area contributed by atoms with Crippen LogP contribution in [0.2, 0.25) is 0 Å². The Bertz CT molecular complexity index is 6150. The minimum atomic E-state index is -4.81. The predicted octanol–water partition coefficient (Wildman–Crippen LogP) is 17.9. The highest BCUT2D eigenvalue weighted by atomic mass is 32.1. The van der Waals surface area contributed by atoms with Crippen molar-refractivity contribution in [3.8, 4) is 66.8 Å². The predicted molar refractivity (Wildman–Crippen MR) is 553 cm³/mol. The number of aromatic nitrogens is 2. The molecule has 0 radical (unpaired) electrons. The van der Waals surface area contributed by atoms with Crippen LogP contribution in [-0.4, -0.2) is 187 Å². The minimum Gasteiger partial charge on any atom is -0.494 e. The lowest BCUT2D eigenvalue weighted by atomic mass is 9.85. The number of hydrogen-bond donors (Lipinski definition) is 6. The summed E-state index contributed by atoms with van der Waals surface area (Å²) < 4.78 is 106. The van der Waals surface area contributed by atoms with E-state index in [-0.39, 0.29) is 97.9 Å². The minimum absolute atomic E-state index is 0.00240. The Balaban J connectivity index is 0.000000244. The molecule has 4 aliphatic heterocycles. The van der Waals surface area contributed by atoms with Crippen molar-refractivity contribution in [3.63, 3.8) is 0 Å². The molecule has 6 N–H and O–H groups in total. The van der Waals surface area contributed by atoms with Crippen LogP contribution in [0.3, 0.4) is 0 Å². The molecule has 768 valence electrons. The zero-order valence-corrected chi connectivity index (χ0v) is 86.4. The summed E-state index contributed by atoms with van der Waals surface area (Å²) in [7, 11) is 0. The molecule has 10 aromatic rings. The van der Waals surface area contributed by atoms with Gasteiger partial charge in [0.15, 0.2) is 10.2 Å². The monoisotopic (exact) mass is 2070 g/mol. The van der Waals surface area contributed by atoms with Crippen molar-refractivity contribution in [3.05, 3.63) is 238 Å². The first kappa shape index (κ1) is 110. The molecule has 0 unspecified atom stereocenters. The van der Waals surface area contributed by atoms with Crippen LogP contribution in [0.5, 0.6) is 11.5 Å². The third-order valence-corrected chi connectivity index (χ3v) is 28.5. The molecule has 8 aromatic carbocycles. The average molecular weight is 2080 g/mol. The fraction of sp³-hybridized carbons (Fsp3) is 0.389. The van der Waals surface area contributed by atoms with Gasteiger partial charge in [-0.05, 0) is 246 Å². The largest absolute Gasteiger partial charge is 0.494 e. The zero-order valence-electron chi connectivity index (χ0n) is 83.2. The maximum atomic E-state index is 14.1. The first-order valence-electron chi connectivity index (χ1n) is 47.6. The van der Waals surface area contributed by atoms with Crippen molar-refractivity contribution in [2.45, 2.75) is 221 Å². The Morgan fingerprint density at radius 2 is 0.801 bits per heavy atom. The number of likely N-dealkylation sites (tertiary alicyclic amines) is 2. The average Bonchev–Trinajstić information content (AvgIpc) is 1.58. The summed E-state index contributed by atoms with van der Waals surface area (Å²) in [4.78, 5) is 128. The number of hydrogen-bond acceptors (Lipinski definition) is 22. The number of carbonyl (C=O) groups is 8. The molecule has 4 aliphatic rings. The van der Waals surface area contributed by atoms with Crippen LogP contribution in [0.4, 0.5) is 49.1 Å². The quantitative estimate of drug-likeness (QED) is 0.0124. The van der Waals surface area contributed by atoms with Gasteiger partial charge in [-0.3, -0.25) is 48.2 Å². The van der Waals surface area contributed by atoms with Gasteiger partial charge < -0.3 is 70.0 Å². The van der Waals surface area contributed by atoms with Gasteiger partial charge in [0.1, 0.15) is 60.0 Å². The Labute approximate surface area is 862 Å². The molecular formula is C108H116F6N14O14S4. The smallest absolute Gasteiger partial charge is 0.417 e. The number of benzene rings is 8. The summed E-state index contributed by atoms with van der Waals surface area (Å²) in [5.74, 6) is -2.43. The van der Waals surface area contributed by atoms with E-state index in [1.165, 1.54) is 21.9 Å². The number of amides is 8. The van der Waals surface area contributed by atoms with Crippen molar-refractivity contribution in [1.82, 2.24) is 41.0 Å². The van der Waals surface area contributed by atoms with Gasteiger partial charge in [0, 0.05) is 50.4 Å². The fourth-order valence-corrected chi connectivity index (χ4v) is 20.4. The highest BCUT2D eigenvalue weighted by Gasteiger charge is 2.54. The zero-order chi connectivity index (χ0) is 106. The van der Waals surface area contributed by atoms with Gasteiger partial charge in [0.2, 0.25) is 35.4 Å². The highest BCUT2D eigenvalue weighted by Crippen LogP contribution is 2.45. The van der Waals surface area contributed by atoms with E-state index in [0.29, 0.717) is 61.8 Å². The van der Waals surface area contributed by atoms with E-state index in [1.807, 2.05) is 191 Å². The van der Waals surface area contributed by atoms with E-state index in [1.54, 1.807) is 108 Å². The molecule has 4 saturated heterocycles. The van der Waals surface area contributed by atoms with E-state index < -0.39 is 128 Å². The lowest BCUT2D eigenvalue weighted by molar-refractivity contribution is -0.145. The van der Waals surface area contributed by atoms with Crippen LogP contribution in [0.25, 0.3) is 43.1 Å². The van der Waals surface area contributed by atoms with Gasteiger partial charge >= 0.3 is 12.4 Å². The highest BCUT2D eigenvalue weighted by molar-refractivity contribution is 7.81. The lowest BCUT2D eigenvalue weighted by Gasteiger charge is -2.35. The maximum Gasteiger partial charge on any atom is 0.417 e. The summed E-state index contributed by atoms with van der Waals surface area (Å²) in [5.41, 5.74) is 6.42. The second-order valence-electron chi connectivity index (χ2n) is 39.6. The molecule has 8 amide bonds. The van der Waals surface area contributed by atoms with Crippen LogP contribution in [-0.2, 0) is 73.3 Å². The molecule has 38 heteroatoms. The molecule has 0 saturated carbocycles. The Morgan fingerprint density at radius 1 is 0.486 bits per heavy atom. The number of nitrogens with one attached hydrogen (secondary N) is 4. The molecule has 0 aliphatic carbocycles. The molecule has 2 aromatic heterocycles. The number of aliphatic hydroxyl groups is 2. The molecule has 8 atom stereocenters. The SMILES string of the molecule is Cc1ncsc1-c1ccc(CNC(=O)[C@@H]2C[C@@H](O)CN2C(=O)[C@@H](NC(=O)CO[C@@H](C)CCCOc2ccc(-c3ccc(N4C(=S)N(c5ccc(C#N)c(C(F)(F)F)c5)C(=O)C4(C)C)cc3)cc2)C(C)(C)C)cc1.Cc1ncsc1-c1ccc(CNC(=O)[C@@H]2C[C@@H](O)CN2C(=O)[C@@H](NC(=O)CO[C@H](C)CCCOc2ccc(-c3ccc(N4C(=S)N(c5ccc(C#N)c(C(F)(F)F)c5)C(=O)C4(C)C)cc3)cc2)C(C)(C)C)cc1. The van der Waals surface area contributed by atoms with E-state index in [9.17, 15) is 85.4 Å². The van der Waals surface area contributed by atoms with Crippen LogP contribution >= 0.6 is 47.1 Å². The number of thiazole rings is 2. The lowest BCUT2D eigenvalue weighted by Crippen LogP contribution is -2.58. The van der Waals surface area contributed by atoms with Crippen molar-refractivity contribution in [2.24, 2.45) is 10.8 Å². The number of thiocarbonyl (C=S) groups is 2. The number of alkyl halides is 6. The van der Waals surface area contributed by atoms with Gasteiger partial charge in [-0.1, -0.05) is 139 Å². The molecular weight excluding hydrogens is 1960 g/mol. The molecule has 6 heterocycles. The number of carbonyl (C=O) groups excluding carboxylic acids is 8. The molecule has 4 fully saturated rings. The van der Waals surface area contributed by atoms with Crippen molar-refractivity contribution >= 4 is 127 Å². The van der Waals surface area contributed by atoms with Gasteiger partial charge in [0.25, 0.3) is 11.8 Å². The number of anilines is 4. The van der Waals surface area contributed by atoms with Crippen molar-refractivity contribution < 1.29 is 93.9 Å². The molecule has 0 spiro atoms. The van der Waals surface area contributed by atoms with E-state index >= 15 is 0 Å². The van der Waals surface area contributed by atoms with Gasteiger partial charge in [0.05, 0.1) is 116 Å². The van der Waals surface area contributed by atoms with E-state index in [4.69, 9.17) is 43.4 Å². The topological polar surface area (TPSA) is 355 Å². The van der Waals surface area contributed by atoms with Crippen LogP contribution in [0, 0.1) is 47.3 Å². The van der Waals surface area contributed by atoms with Gasteiger partial charge in [-0.2, -0.15) is 36.9 Å². The molecule has 146 heavy (non-hydrogen) atoms. The number of rotatable bonds is 34. The normalized spacial score (nSPS) is 17.6. The summed E-state index contributed by atoms with van der Waals surface area (Å²) in [6.07, 6.45) is -9.46. The number of nitrogens with zero attached hydrogens (tertiary/aromatic N) is 10. The van der Waals surface area contributed by atoms with E-state index in [0.717, 1.165) is 99.7 Å². The number of aliphatic hydroxyl groups excluding tert-OH is 2. The van der Waals surface area contributed by atoms with Crippen LogP contribution < -0.4 is 50.3 Å². The maximum absolute atomic E-state index is 14.1. The number of nitriles is 2. The van der Waals surface area contributed by atoms with Crippen LogP contribution in [0.1, 0.15) is 166 Å². The summed E-state index contributed by atoms with van der Waals surface area (Å²) in [6, 6.07) is 50.6. The first-order valence-corrected chi connectivity index (χ1v) is 50.1. The Morgan fingerprint density at radius 3 is 1.10 bits per heavy atom. The Hall–Kier alpha value is -13.4. The standard InChI is InChI=1S/2C54H58F3N7O7S2/c2*1-32(71-30-45(66)61-47(52(3,4)5)49(68)62-29-41(65)26-44(62)48(67)59-28-34-10-12-37(13-11-34)46-33(2)60-31-73-46)9-8-24-70-42-22-17-36(18-23-42)35-14-19-39(20-15-35)64-51(72)63(50(69)53(64,6)7)40-21-16-38(27-58)43(25-40)54(55,56)57/h2*10-23,25,31-32,41,44,47,65H,8-9,24,26,28-30H2,1-7H3,(H,59,67)(H,61,66)/t32-,41+,44-,47+;32-,41-,44+,47-/m01/s1. The van der Waals surface area contributed by atoms with Crippen LogP contribution in [0.15, 0.2) is 193 Å². The molecule has 14 rings (SSSR count). The number of ether oxygens (including phenoxy) is 4. The second-order valence-corrected chi connectivity index (χ2v) is 42.0. The summed E-state index contributed by atoms with van der Waals surface area (Å²) in [6.45, 7) is 25.7. The number of halogens is 6. The van der Waals surface area contributed by atoms with Gasteiger partial charge in [-0.15, -0.1) is 22.7 Å². The third-order valence-electron chi connectivity index (χ3n) is 25.8. The summed E-state index contributed by atoms with van der Waals surface area (Å²) >= 11 is 14.5. The summed E-state index contributed by atoms with van der Waals surface area (Å²) in [5, 5.41) is 51.2. The van der Waals surface area contributed by atoms with E-state index in [2.05, 4.69) is 31.2 Å². The first-order chi connectivity index (χ1) is 68.9. The third kappa shape index (κ3) is 26.0. The number of β-amino-alcohol motifs (C(OH)–C–C–N with tert-alkyl or cyclic N) is 2.